The summed E-state index contributed by atoms with van der Waals surface area (Å²) in [7, 11) is 1.84. The number of aliphatic carboxylic acids is 1. The summed E-state index contributed by atoms with van der Waals surface area (Å²) in [5.41, 5.74) is 1.95. The van der Waals surface area contributed by atoms with E-state index in [-0.39, 0.29) is 17.9 Å². The molecule has 1 amide bonds. The fourth-order valence-electron chi connectivity index (χ4n) is 2.10. The Morgan fingerprint density at radius 2 is 2.22 bits per heavy atom. The van der Waals surface area contributed by atoms with E-state index in [1.54, 1.807) is 10.9 Å². The maximum atomic E-state index is 11.8. The first-order chi connectivity index (χ1) is 8.41. The van der Waals surface area contributed by atoms with Crippen molar-refractivity contribution in [3.63, 3.8) is 0 Å². The number of hydrogen-bond donors (Lipinski definition) is 2. The summed E-state index contributed by atoms with van der Waals surface area (Å²) in [6.07, 6.45) is 2.17. The van der Waals surface area contributed by atoms with Crippen LogP contribution in [0.1, 0.15) is 30.6 Å². The fraction of sp³-hybridized carbons (Fsp3) is 0.583. The average molecular weight is 251 g/mol. The van der Waals surface area contributed by atoms with Gasteiger partial charge in [-0.2, -0.15) is 5.10 Å². The van der Waals surface area contributed by atoms with Crippen LogP contribution in [-0.2, 0) is 16.6 Å². The molecule has 0 radical (unpaired) electrons. The van der Waals surface area contributed by atoms with Gasteiger partial charge in [0.1, 0.15) is 0 Å². The molecule has 0 aromatic carbocycles. The SMILES string of the molecule is Cc1c(C(C)NC(=O)[C@@H]2C[C@@H]2C(=O)O)cnn1C. The Hall–Kier alpha value is -1.85. The molecule has 6 nitrogen and oxygen atoms in total. The number of nitrogens with one attached hydrogen (secondary N) is 1. The minimum absolute atomic E-state index is 0.152. The average Bonchev–Trinajstić information content (AvgIpc) is 3.02. The van der Waals surface area contributed by atoms with Crippen molar-refractivity contribution in [2.24, 2.45) is 18.9 Å². The van der Waals surface area contributed by atoms with Gasteiger partial charge in [-0.05, 0) is 20.3 Å². The molecule has 1 fully saturated rings. The lowest BCUT2D eigenvalue weighted by molar-refractivity contribution is -0.140. The molecule has 1 heterocycles. The predicted octanol–water partition coefficient (Wildman–Crippen LogP) is 0.626. The van der Waals surface area contributed by atoms with E-state index in [9.17, 15) is 9.59 Å². The highest BCUT2D eigenvalue weighted by Gasteiger charge is 2.48. The number of carbonyl (C=O) groups excluding carboxylic acids is 1. The molecule has 18 heavy (non-hydrogen) atoms. The van der Waals surface area contributed by atoms with Gasteiger partial charge in [-0.3, -0.25) is 14.3 Å². The lowest BCUT2D eigenvalue weighted by Gasteiger charge is -2.13. The standard InChI is InChI=1S/C12H17N3O3/c1-6(10-5-13-15(3)7(10)2)14-11(16)8-4-9(8)12(17)18/h5-6,8-9H,4H2,1-3H3,(H,14,16)(H,17,18)/t6?,8-,9+/m1/s1. The summed E-state index contributed by atoms with van der Waals surface area (Å²) in [6, 6.07) is -0.152. The van der Waals surface area contributed by atoms with Crippen LogP contribution in [0.25, 0.3) is 0 Å². The summed E-state index contributed by atoms with van der Waals surface area (Å²) < 4.78 is 1.75. The number of carboxylic acids is 1. The van der Waals surface area contributed by atoms with Crippen LogP contribution in [0.15, 0.2) is 6.20 Å². The summed E-state index contributed by atoms with van der Waals surface area (Å²) in [5.74, 6) is -1.95. The Morgan fingerprint density at radius 3 is 2.67 bits per heavy atom. The molecule has 0 bridgehead atoms. The minimum Gasteiger partial charge on any atom is -0.481 e. The highest BCUT2D eigenvalue weighted by Crippen LogP contribution is 2.39. The van der Waals surface area contributed by atoms with E-state index in [1.807, 2.05) is 20.9 Å². The number of carboxylic acid groups (broad SMARTS) is 1. The Bertz CT molecular complexity index is 495. The van der Waals surface area contributed by atoms with Gasteiger partial charge in [0.25, 0.3) is 0 Å². The molecule has 1 aromatic rings. The zero-order valence-electron chi connectivity index (χ0n) is 10.7. The first-order valence-corrected chi connectivity index (χ1v) is 5.93. The van der Waals surface area contributed by atoms with Crippen LogP contribution in [0.5, 0.6) is 0 Å². The predicted molar refractivity (Wildman–Crippen MR) is 63.7 cm³/mol. The van der Waals surface area contributed by atoms with Gasteiger partial charge in [0.15, 0.2) is 0 Å². The molecule has 0 aliphatic heterocycles. The third-order valence-electron chi connectivity index (χ3n) is 3.54. The Labute approximate surface area is 105 Å². The molecule has 1 aromatic heterocycles. The number of carbonyl (C=O) groups is 2. The second-order valence-corrected chi connectivity index (χ2v) is 4.83. The van der Waals surface area contributed by atoms with Crippen LogP contribution in [0.4, 0.5) is 0 Å². The zero-order chi connectivity index (χ0) is 13.4. The first-order valence-electron chi connectivity index (χ1n) is 5.93. The van der Waals surface area contributed by atoms with E-state index >= 15 is 0 Å². The van der Waals surface area contributed by atoms with Crippen molar-refractivity contribution >= 4 is 11.9 Å². The van der Waals surface area contributed by atoms with Crippen LogP contribution in [0.3, 0.4) is 0 Å². The summed E-state index contributed by atoms with van der Waals surface area (Å²) >= 11 is 0. The van der Waals surface area contributed by atoms with Crippen LogP contribution < -0.4 is 5.32 Å². The number of amides is 1. The lowest BCUT2D eigenvalue weighted by Crippen LogP contribution is -2.29. The van der Waals surface area contributed by atoms with Crippen molar-refractivity contribution in [3.05, 3.63) is 17.5 Å². The fourth-order valence-corrected chi connectivity index (χ4v) is 2.10. The molecule has 1 unspecified atom stereocenters. The van der Waals surface area contributed by atoms with E-state index in [0.29, 0.717) is 6.42 Å². The van der Waals surface area contributed by atoms with Crippen molar-refractivity contribution < 1.29 is 14.7 Å². The topological polar surface area (TPSA) is 84.2 Å². The van der Waals surface area contributed by atoms with Crippen LogP contribution in [0, 0.1) is 18.8 Å². The molecular weight excluding hydrogens is 234 g/mol. The third kappa shape index (κ3) is 2.23. The normalized spacial score (nSPS) is 23.5. The van der Waals surface area contributed by atoms with Gasteiger partial charge < -0.3 is 10.4 Å². The van der Waals surface area contributed by atoms with Gasteiger partial charge in [0, 0.05) is 18.3 Å². The molecule has 2 N–H and O–H groups in total. The van der Waals surface area contributed by atoms with E-state index in [0.717, 1.165) is 11.3 Å². The largest absolute Gasteiger partial charge is 0.481 e. The van der Waals surface area contributed by atoms with E-state index in [1.165, 1.54) is 0 Å². The second-order valence-electron chi connectivity index (χ2n) is 4.83. The molecule has 3 atom stereocenters. The number of hydrogen-bond acceptors (Lipinski definition) is 3. The van der Waals surface area contributed by atoms with Gasteiger partial charge >= 0.3 is 5.97 Å². The Balaban J connectivity index is 1.96. The summed E-state index contributed by atoms with van der Waals surface area (Å²) in [5, 5.41) is 15.7. The minimum atomic E-state index is -0.889. The van der Waals surface area contributed by atoms with Crippen molar-refractivity contribution in [1.82, 2.24) is 15.1 Å². The van der Waals surface area contributed by atoms with Crippen LogP contribution in [0.2, 0.25) is 0 Å². The molecule has 1 aliphatic rings. The van der Waals surface area contributed by atoms with E-state index < -0.39 is 11.9 Å². The number of nitrogens with zero attached hydrogens (tertiary/aromatic N) is 2. The van der Waals surface area contributed by atoms with Gasteiger partial charge in [0.2, 0.25) is 5.91 Å². The smallest absolute Gasteiger partial charge is 0.307 e. The molecule has 1 aliphatic carbocycles. The van der Waals surface area contributed by atoms with Gasteiger partial charge in [-0.1, -0.05) is 0 Å². The third-order valence-corrected chi connectivity index (χ3v) is 3.54. The maximum Gasteiger partial charge on any atom is 0.307 e. The number of aromatic nitrogens is 2. The second kappa shape index (κ2) is 4.44. The van der Waals surface area contributed by atoms with Gasteiger partial charge in [-0.25, -0.2) is 0 Å². The highest BCUT2D eigenvalue weighted by atomic mass is 16.4. The monoisotopic (exact) mass is 251 g/mol. The quantitative estimate of drug-likeness (QED) is 0.822. The Morgan fingerprint density at radius 1 is 1.56 bits per heavy atom. The molecule has 0 spiro atoms. The van der Waals surface area contributed by atoms with Crippen molar-refractivity contribution in [2.75, 3.05) is 0 Å². The van der Waals surface area contributed by atoms with Crippen LogP contribution >= 0.6 is 0 Å². The number of rotatable bonds is 4. The van der Waals surface area contributed by atoms with Crippen molar-refractivity contribution in [1.29, 1.82) is 0 Å². The number of aryl methyl sites for hydroxylation is 1. The highest BCUT2D eigenvalue weighted by molar-refractivity contribution is 5.89. The molecule has 6 heteroatoms. The first kappa shape index (κ1) is 12.6. The Kier molecular flexibility index (Phi) is 3.11. The van der Waals surface area contributed by atoms with Crippen LogP contribution in [-0.4, -0.2) is 26.8 Å². The molecule has 2 rings (SSSR count). The van der Waals surface area contributed by atoms with Gasteiger partial charge in [-0.15, -0.1) is 0 Å². The van der Waals surface area contributed by atoms with Crippen molar-refractivity contribution in [2.45, 2.75) is 26.3 Å². The molecular formula is C12H17N3O3. The lowest BCUT2D eigenvalue weighted by atomic mass is 10.1. The maximum absolute atomic E-state index is 11.8. The molecule has 98 valence electrons. The summed E-state index contributed by atoms with van der Waals surface area (Å²) in [4.78, 5) is 22.5. The molecule has 0 saturated heterocycles. The van der Waals surface area contributed by atoms with E-state index in [4.69, 9.17) is 5.11 Å². The summed E-state index contributed by atoms with van der Waals surface area (Å²) in [6.45, 7) is 3.81. The zero-order valence-corrected chi connectivity index (χ0v) is 10.7. The van der Waals surface area contributed by atoms with Crippen molar-refractivity contribution in [3.8, 4) is 0 Å². The van der Waals surface area contributed by atoms with Gasteiger partial charge in [0.05, 0.1) is 24.1 Å². The molecule has 1 saturated carbocycles. The van der Waals surface area contributed by atoms with E-state index in [2.05, 4.69) is 10.4 Å².